The van der Waals surface area contributed by atoms with Crippen molar-refractivity contribution in [1.29, 1.82) is 0 Å². The quantitative estimate of drug-likeness (QED) is 0.747. The molecule has 5 heteroatoms. The van der Waals surface area contributed by atoms with Crippen LogP contribution in [-0.2, 0) is 11.2 Å². The van der Waals surface area contributed by atoms with Crippen molar-refractivity contribution in [2.24, 2.45) is 0 Å². The zero-order valence-corrected chi connectivity index (χ0v) is 7.90. The Balaban J connectivity index is 2.57. The number of rotatable bonds is 4. The monoisotopic (exact) mass is 196 g/mol. The van der Waals surface area contributed by atoms with Crippen molar-refractivity contribution in [2.75, 3.05) is 0 Å². The molecule has 1 rings (SSSR count). The molecule has 0 atom stereocenters. The van der Waals surface area contributed by atoms with Crippen molar-refractivity contribution in [2.45, 2.75) is 26.2 Å². The lowest BCUT2D eigenvalue weighted by Crippen LogP contribution is -1.99. The van der Waals surface area contributed by atoms with Crippen LogP contribution in [0.15, 0.2) is 6.20 Å². The van der Waals surface area contributed by atoms with Gasteiger partial charge in [-0.05, 0) is 19.8 Å². The smallest absolute Gasteiger partial charge is 0.303 e. The first-order valence-corrected chi connectivity index (χ1v) is 4.33. The van der Waals surface area contributed by atoms with Crippen molar-refractivity contribution < 1.29 is 15.0 Å². The van der Waals surface area contributed by atoms with Crippen molar-refractivity contribution >= 4 is 5.97 Å². The summed E-state index contributed by atoms with van der Waals surface area (Å²) in [4.78, 5) is 18.1. The molecule has 1 aromatic rings. The Hall–Kier alpha value is -1.65. The standard InChI is InChI=1S/C9H12N2O3/c1-6-10-5-8(12)7(11-6)3-2-4-9(13)14/h5,12H,2-4H2,1H3,(H,13,14). The minimum absolute atomic E-state index is 0.0287. The van der Waals surface area contributed by atoms with E-state index in [9.17, 15) is 9.90 Å². The summed E-state index contributed by atoms with van der Waals surface area (Å²) in [5.41, 5.74) is 0.513. The Kier molecular flexibility index (Phi) is 3.39. The minimum Gasteiger partial charge on any atom is -0.504 e. The highest BCUT2D eigenvalue weighted by Gasteiger charge is 2.05. The maximum Gasteiger partial charge on any atom is 0.303 e. The number of aromatic hydroxyl groups is 1. The fourth-order valence-corrected chi connectivity index (χ4v) is 1.10. The molecule has 0 saturated heterocycles. The Morgan fingerprint density at radius 2 is 2.29 bits per heavy atom. The van der Waals surface area contributed by atoms with Gasteiger partial charge in [0.1, 0.15) is 5.82 Å². The second-order valence-electron chi connectivity index (χ2n) is 3.00. The van der Waals surface area contributed by atoms with Gasteiger partial charge in [0.15, 0.2) is 5.75 Å². The average Bonchev–Trinajstić information content (AvgIpc) is 2.10. The van der Waals surface area contributed by atoms with Crippen molar-refractivity contribution in [3.63, 3.8) is 0 Å². The van der Waals surface area contributed by atoms with Crippen LogP contribution in [0.5, 0.6) is 5.75 Å². The summed E-state index contributed by atoms with van der Waals surface area (Å²) in [5.74, 6) is -0.232. The summed E-state index contributed by atoms with van der Waals surface area (Å²) in [6.07, 6.45) is 2.35. The van der Waals surface area contributed by atoms with Crippen LogP contribution in [0.25, 0.3) is 0 Å². The Morgan fingerprint density at radius 1 is 1.57 bits per heavy atom. The summed E-state index contributed by atoms with van der Waals surface area (Å²) < 4.78 is 0. The van der Waals surface area contributed by atoms with Gasteiger partial charge in [0.2, 0.25) is 0 Å². The zero-order valence-electron chi connectivity index (χ0n) is 7.90. The molecule has 2 N–H and O–H groups in total. The fourth-order valence-electron chi connectivity index (χ4n) is 1.10. The van der Waals surface area contributed by atoms with E-state index in [0.29, 0.717) is 24.4 Å². The molecule has 0 aliphatic rings. The SMILES string of the molecule is Cc1ncc(O)c(CCCC(=O)O)n1. The number of aryl methyl sites for hydroxylation is 2. The summed E-state index contributed by atoms with van der Waals surface area (Å²) >= 11 is 0. The number of carboxylic acid groups (broad SMARTS) is 1. The summed E-state index contributed by atoms with van der Waals surface area (Å²) in [5, 5.41) is 17.7. The lowest BCUT2D eigenvalue weighted by Gasteiger charge is -2.02. The predicted octanol–water partition coefficient (Wildman–Crippen LogP) is 0.898. The van der Waals surface area contributed by atoms with E-state index >= 15 is 0 Å². The summed E-state index contributed by atoms with van der Waals surface area (Å²) in [6.45, 7) is 1.72. The largest absolute Gasteiger partial charge is 0.504 e. The highest BCUT2D eigenvalue weighted by molar-refractivity contribution is 5.66. The molecule has 0 aliphatic heterocycles. The van der Waals surface area contributed by atoms with Crippen LogP contribution >= 0.6 is 0 Å². The normalized spacial score (nSPS) is 10.1. The highest BCUT2D eigenvalue weighted by atomic mass is 16.4. The van der Waals surface area contributed by atoms with E-state index in [1.807, 2.05) is 0 Å². The van der Waals surface area contributed by atoms with Gasteiger partial charge in [-0.25, -0.2) is 9.97 Å². The third-order valence-corrected chi connectivity index (χ3v) is 1.77. The number of carbonyl (C=O) groups is 1. The molecule has 0 amide bonds. The van der Waals surface area contributed by atoms with Gasteiger partial charge >= 0.3 is 5.97 Å². The van der Waals surface area contributed by atoms with Crippen LogP contribution in [0.3, 0.4) is 0 Å². The van der Waals surface area contributed by atoms with Crippen LogP contribution in [0.4, 0.5) is 0 Å². The zero-order chi connectivity index (χ0) is 10.6. The number of hydrogen-bond donors (Lipinski definition) is 2. The molecular formula is C9H12N2O3. The van der Waals surface area contributed by atoms with Crippen LogP contribution in [0.2, 0.25) is 0 Å². The molecule has 0 spiro atoms. The third kappa shape index (κ3) is 3.01. The van der Waals surface area contributed by atoms with Crippen LogP contribution in [-0.4, -0.2) is 26.2 Å². The molecule has 14 heavy (non-hydrogen) atoms. The van der Waals surface area contributed by atoms with Crippen molar-refractivity contribution in [3.05, 3.63) is 17.7 Å². The molecule has 0 aromatic carbocycles. The second kappa shape index (κ2) is 4.55. The van der Waals surface area contributed by atoms with Crippen LogP contribution in [0.1, 0.15) is 24.4 Å². The third-order valence-electron chi connectivity index (χ3n) is 1.77. The number of aliphatic carboxylic acids is 1. The van der Waals surface area contributed by atoms with E-state index in [1.165, 1.54) is 6.20 Å². The Morgan fingerprint density at radius 3 is 2.93 bits per heavy atom. The van der Waals surface area contributed by atoms with E-state index in [2.05, 4.69) is 9.97 Å². The molecule has 0 fully saturated rings. The number of aromatic nitrogens is 2. The molecule has 1 aromatic heterocycles. The van der Waals surface area contributed by atoms with E-state index in [4.69, 9.17) is 5.11 Å². The van der Waals surface area contributed by atoms with Crippen LogP contribution < -0.4 is 0 Å². The van der Waals surface area contributed by atoms with Gasteiger partial charge in [-0.3, -0.25) is 4.79 Å². The van der Waals surface area contributed by atoms with Gasteiger partial charge < -0.3 is 10.2 Å². The van der Waals surface area contributed by atoms with E-state index in [1.54, 1.807) is 6.92 Å². The maximum atomic E-state index is 10.2. The van der Waals surface area contributed by atoms with Gasteiger partial charge in [0, 0.05) is 6.42 Å². The lowest BCUT2D eigenvalue weighted by atomic mass is 10.2. The van der Waals surface area contributed by atoms with Crippen molar-refractivity contribution in [3.8, 4) is 5.75 Å². The molecule has 0 bridgehead atoms. The van der Waals surface area contributed by atoms with Gasteiger partial charge in [-0.15, -0.1) is 0 Å². The summed E-state index contributed by atoms with van der Waals surface area (Å²) in [6, 6.07) is 0. The number of nitrogens with zero attached hydrogens (tertiary/aromatic N) is 2. The molecule has 0 radical (unpaired) electrons. The molecule has 0 unspecified atom stereocenters. The Labute approximate surface area is 81.4 Å². The van der Waals surface area contributed by atoms with Gasteiger partial charge in [0.05, 0.1) is 11.9 Å². The minimum atomic E-state index is -0.838. The van der Waals surface area contributed by atoms with E-state index in [0.717, 1.165) is 0 Å². The topological polar surface area (TPSA) is 83.3 Å². The number of hydrogen-bond acceptors (Lipinski definition) is 4. The summed E-state index contributed by atoms with van der Waals surface area (Å²) in [7, 11) is 0. The number of carboxylic acids is 1. The first kappa shape index (κ1) is 10.4. The fraction of sp³-hybridized carbons (Fsp3) is 0.444. The van der Waals surface area contributed by atoms with Crippen LogP contribution in [0, 0.1) is 6.92 Å². The van der Waals surface area contributed by atoms with E-state index < -0.39 is 5.97 Å². The molecule has 0 saturated carbocycles. The molecule has 76 valence electrons. The van der Waals surface area contributed by atoms with Gasteiger partial charge in [0.25, 0.3) is 0 Å². The van der Waals surface area contributed by atoms with E-state index in [-0.39, 0.29) is 12.2 Å². The lowest BCUT2D eigenvalue weighted by molar-refractivity contribution is -0.137. The molecule has 5 nitrogen and oxygen atoms in total. The second-order valence-corrected chi connectivity index (χ2v) is 3.00. The molecular weight excluding hydrogens is 184 g/mol. The first-order chi connectivity index (χ1) is 6.59. The van der Waals surface area contributed by atoms with Gasteiger partial charge in [-0.2, -0.15) is 0 Å². The molecule has 1 heterocycles. The predicted molar refractivity (Wildman–Crippen MR) is 49.0 cm³/mol. The maximum absolute atomic E-state index is 10.2. The van der Waals surface area contributed by atoms with Crippen molar-refractivity contribution in [1.82, 2.24) is 9.97 Å². The average molecular weight is 196 g/mol. The highest BCUT2D eigenvalue weighted by Crippen LogP contribution is 2.14. The first-order valence-electron chi connectivity index (χ1n) is 4.33. The Bertz CT molecular complexity index is 339. The van der Waals surface area contributed by atoms with Gasteiger partial charge in [-0.1, -0.05) is 0 Å². The molecule has 0 aliphatic carbocycles.